The molecule has 7 nitrogen and oxygen atoms in total. The summed E-state index contributed by atoms with van der Waals surface area (Å²) in [5, 5.41) is 14.0. The molecule has 2 aromatic carbocycles. The van der Waals surface area contributed by atoms with Crippen LogP contribution in [0, 0.1) is 11.3 Å². The lowest BCUT2D eigenvalue weighted by atomic mass is 9.88. The van der Waals surface area contributed by atoms with Gasteiger partial charge in [-0.1, -0.05) is 24.3 Å². The molecule has 2 aromatic rings. The summed E-state index contributed by atoms with van der Waals surface area (Å²) in [5.41, 5.74) is 3.09. The van der Waals surface area contributed by atoms with E-state index in [0.29, 0.717) is 5.69 Å². The van der Waals surface area contributed by atoms with Crippen LogP contribution in [0.4, 0.5) is 5.69 Å². The average molecular weight is 391 g/mol. The van der Waals surface area contributed by atoms with Gasteiger partial charge in [-0.15, -0.1) is 0 Å². The number of carbonyl (C=O) groups is 3. The first-order chi connectivity index (χ1) is 14.1. The van der Waals surface area contributed by atoms with Crippen LogP contribution in [0.25, 0.3) is 0 Å². The molecule has 0 saturated carbocycles. The van der Waals surface area contributed by atoms with Gasteiger partial charge >= 0.3 is 5.97 Å². The number of hydrogen-bond donors (Lipinski definition) is 2. The molecule has 148 valence electrons. The number of ether oxygens (including phenoxy) is 1. The predicted molar refractivity (Wildman–Crippen MR) is 106 cm³/mol. The summed E-state index contributed by atoms with van der Waals surface area (Å²) in [6.07, 6.45) is 2.61. The minimum absolute atomic E-state index is 0.0672. The van der Waals surface area contributed by atoms with Gasteiger partial charge < -0.3 is 15.4 Å². The lowest BCUT2D eigenvalue weighted by Crippen LogP contribution is -2.34. The van der Waals surface area contributed by atoms with Crippen LogP contribution in [0.1, 0.15) is 46.8 Å². The molecule has 0 saturated heterocycles. The van der Waals surface area contributed by atoms with Crippen molar-refractivity contribution in [2.24, 2.45) is 0 Å². The van der Waals surface area contributed by atoms with Crippen molar-refractivity contribution in [3.05, 3.63) is 65.2 Å². The highest BCUT2D eigenvalue weighted by Crippen LogP contribution is 2.29. The quantitative estimate of drug-likeness (QED) is 0.736. The van der Waals surface area contributed by atoms with Crippen molar-refractivity contribution in [3.63, 3.8) is 0 Å². The number of amides is 2. The van der Waals surface area contributed by atoms with Crippen molar-refractivity contribution in [1.29, 1.82) is 5.26 Å². The topological polar surface area (TPSA) is 108 Å². The fourth-order valence-electron chi connectivity index (χ4n) is 3.32. The van der Waals surface area contributed by atoms with E-state index in [1.54, 1.807) is 6.07 Å². The molecule has 29 heavy (non-hydrogen) atoms. The van der Waals surface area contributed by atoms with Crippen molar-refractivity contribution < 1.29 is 19.1 Å². The zero-order valence-corrected chi connectivity index (χ0v) is 15.8. The van der Waals surface area contributed by atoms with Crippen molar-refractivity contribution in [1.82, 2.24) is 5.32 Å². The normalized spacial score (nSPS) is 14.8. The number of fused-ring (bicyclic) bond motifs is 1. The zero-order chi connectivity index (χ0) is 20.6. The van der Waals surface area contributed by atoms with Gasteiger partial charge in [-0.2, -0.15) is 5.26 Å². The Bertz CT molecular complexity index is 947. The molecule has 0 spiro atoms. The van der Waals surface area contributed by atoms with E-state index in [1.807, 2.05) is 18.2 Å². The molecule has 0 radical (unpaired) electrons. The number of carbonyl (C=O) groups excluding carboxylic acids is 3. The maximum Gasteiger partial charge on any atom is 0.338 e. The van der Waals surface area contributed by atoms with E-state index in [-0.39, 0.29) is 30.5 Å². The smallest absolute Gasteiger partial charge is 0.338 e. The van der Waals surface area contributed by atoms with Gasteiger partial charge in [0.15, 0.2) is 6.61 Å². The van der Waals surface area contributed by atoms with E-state index in [9.17, 15) is 14.4 Å². The van der Waals surface area contributed by atoms with Crippen LogP contribution in [0.15, 0.2) is 48.5 Å². The molecule has 2 N–H and O–H groups in total. The summed E-state index contributed by atoms with van der Waals surface area (Å²) in [6.45, 7) is -0.363. The van der Waals surface area contributed by atoms with E-state index in [1.165, 1.54) is 29.8 Å². The van der Waals surface area contributed by atoms with Crippen LogP contribution in [-0.4, -0.2) is 24.4 Å². The Kier molecular flexibility index (Phi) is 6.59. The summed E-state index contributed by atoms with van der Waals surface area (Å²) in [5.74, 6) is -1.40. The van der Waals surface area contributed by atoms with Crippen molar-refractivity contribution in [2.45, 2.75) is 31.7 Å². The third-order valence-electron chi connectivity index (χ3n) is 4.68. The first kappa shape index (κ1) is 20.1. The Morgan fingerprint density at radius 1 is 1.07 bits per heavy atom. The third kappa shape index (κ3) is 5.42. The van der Waals surface area contributed by atoms with E-state index < -0.39 is 11.9 Å². The molecule has 2 amide bonds. The van der Waals surface area contributed by atoms with Crippen molar-refractivity contribution >= 4 is 23.5 Å². The molecule has 0 bridgehead atoms. The molecular formula is C22H21N3O4. The summed E-state index contributed by atoms with van der Waals surface area (Å²) in [4.78, 5) is 35.8. The molecule has 1 aliphatic carbocycles. The molecule has 7 heteroatoms. The first-order valence-corrected chi connectivity index (χ1v) is 9.38. The van der Waals surface area contributed by atoms with Gasteiger partial charge in [0.1, 0.15) is 6.42 Å². The second-order valence-electron chi connectivity index (χ2n) is 6.75. The van der Waals surface area contributed by atoms with Crippen LogP contribution in [0.3, 0.4) is 0 Å². The number of benzene rings is 2. The minimum atomic E-state index is -0.626. The maximum atomic E-state index is 12.2. The Morgan fingerprint density at radius 2 is 1.83 bits per heavy atom. The molecule has 0 aliphatic heterocycles. The van der Waals surface area contributed by atoms with E-state index in [0.717, 1.165) is 24.8 Å². The Labute approximate surface area is 168 Å². The SMILES string of the molecule is N#CCC(=O)Nc1ccc(C(=O)OCC(=O)N[C@@H]2CCCc3ccccc32)cc1. The van der Waals surface area contributed by atoms with Crippen LogP contribution in [0.5, 0.6) is 0 Å². The standard InChI is InChI=1S/C22H21N3O4/c23-13-12-20(26)24-17-10-8-16(9-11-17)22(28)29-14-21(27)25-19-7-3-5-15-4-1-2-6-18(15)19/h1-2,4,6,8-11,19H,3,5,7,12,14H2,(H,24,26)(H,25,27)/t19-/m1/s1. The summed E-state index contributed by atoms with van der Waals surface area (Å²) in [6, 6.07) is 15.8. The molecule has 0 unspecified atom stereocenters. The highest BCUT2D eigenvalue weighted by molar-refractivity contribution is 5.94. The summed E-state index contributed by atoms with van der Waals surface area (Å²) in [7, 11) is 0. The monoisotopic (exact) mass is 391 g/mol. The molecule has 3 rings (SSSR count). The van der Waals surface area contributed by atoms with E-state index >= 15 is 0 Å². The number of nitriles is 1. The average Bonchev–Trinajstić information content (AvgIpc) is 2.73. The third-order valence-corrected chi connectivity index (χ3v) is 4.68. The lowest BCUT2D eigenvalue weighted by Gasteiger charge is -2.26. The van der Waals surface area contributed by atoms with Crippen LogP contribution in [-0.2, 0) is 20.7 Å². The number of aryl methyl sites for hydroxylation is 1. The summed E-state index contributed by atoms with van der Waals surface area (Å²) >= 11 is 0. The number of nitrogens with zero attached hydrogens (tertiary/aromatic N) is 1. The highest BCUT2D eigenvalue weighted by atomic mass is 16.5. The molecule has 1 aliphatic rings. The van der Waals surface area contributed by atoms with Crippen LogP contribution < -0.4 is 10.6 Å². The Balaban J connectivity index is 1.50. The molecule has 0 fully saturated rings. The van der Waals surface area contributed by atoms with E-state index in [4.69, 9.17) is 10.00 Å². The van der Waals surface area contributed by atoms with Gasteiger partial charge in [0.2, 0.25) is 5.91 Å². The van der Waals surface area contributed by atoms with Crippen LogP contribution >= 0.6 is 0 Å². The van der Waals surface area contributed by atoms with Gasteiger partial charge in [-0.25, -0.2) is 4.79 Å². The Hall–Kier alpha value is -3.66. The number of hydrogen-bond acceptors (Lipinski definition) is 5. The second-order valence-corrected chi connectivity index (χ2v) is 6.75. The van der Waals surface area contributed by atoms with Gasteiger partial charge in [0.05, 0.1) is 17.7 Å². The molecular weight excluding hydrogens is 370 g/mol. The lowest BCUT2D eigenvalue weighted by molar-refractivity contribution is -0.125. The highest BCUT2D eigenvalue weighted by Gasteiger charge is 2.22. The Morgan fingerprint density at radius 3 is 2.59 bits per heavy atom. The fourth-order valence-corrected chi connectivity index (χ4v) is 3.32. The first-order valence-electron chi connectivity index (χ1n) is 9.38. The predicted octanol–water partition coefficient (Wildman–Crippen LogP) is 2.89. The fraction of sp³-hybridized carbons (Fsp3) is 0.273. The van der Waals surface area contributed by atoms with Crippen molar-refractivity contribution in [2.75, 3.05) is 11.9 Å². The molecule has 1 atom stereocenters. The van der Waals surface area contributed by atoms with Crippen molar-refractivity contribution in [3.8, 4) is 6.07 Å². The van der Waals surface area contributed by atoms with Gasteiger partial charge in [-0.05, 0) is 54.7 Å². The van der Waals surface area contributed by atoms with Gasteiger partial charge in [-0.3, -0.25) is 9.59 Å². The minimum Gasteiger partial charge on any atom is -0.452 e. The maximum absolute atomic E-state index is 12.2. The largest absolute Gasteiger partial charge is 0.452 e. The van der Waals surface area contributed by atoms with Gasteiger partial charge in [0, 0.05) is 5.69 Å². The van der Waals surface area contributed by atoms with Gasteiger partial charge in [0.25, 0.3) is 5.91 Å². The zero-order valence-electron chi connectivity index (χ0n) is 15.8. The summed E-state index contributed by atoms with van der Waals surface area (Å²) < 4.78 is 5.10. The number of anilines is 1. The second kappa shape index (κ2) is 9.51. The number of nitrogens with one attached hydrogen (secondary N) is 2. The molecule has 0 aromatic heterocycles. The number of esters is 1. The van der Waals surface area contributed by atoms with Crippen LogP contribution in [0.2, 0.25) is 0 Å². The van der Waals surface area contributed by atoms with E-state index in [2.05, 4.69) is 16.7 Å². The molecule has 0 heterocycles. The number of rotatable bonds is 6.